The summed E-state index contributed by atoms with van der Waals surface area (Å²) in [6.45, 7) is -0.924. The first-order chi connectivity index (χ1) is 16.2. The van der Waals surface area contributed by atoms with Crippen molar-refractivity contribution in [3.8, 4) is 0 Å². The largest absolute Gasteiger partial charge is 0.481 e. The van der Waals surface area contributed by atoms with Crippen LogP contribution in [0.15, 0.2) is 11.5 Å². The number of anilines is 1. The molecule has 0 aliphatic carbocycles. The Morgan fingerprint density at radius 3 is 2.51 bits per heavy atom. The highest BCUT2D eigenvalue weighted by atomic mass is 79.9. The normalized spacial score (nSPS) is 24.5. The first-order valence-corrected chi connectivity index (χ1v) is 14.4. The number of nitrogens with two attached hydrogens (primary N) is 1. The van der Waals surface area contributed by atoms with Gasteiger partial charge in [-0.1, -0.05) is 27.7 Å². The Morgan fingerprint density at radius 1 is 1.20 bits per heavy atom. The Morgan fingerprint density at radius 2 is 1.89 bits per heavy atom. The van der Waals surface area contributed by atoms with E-state index in [9.17, 15) is 33.8 Å². The van der Waals surface area contributed by atoms with Gasteiger partial charge in [0.25, 0.3) is 0 Å². The lowest BCUT2D eigenvalue weighted by molar-refractivity contribution is -0.133. The van der Waals surface area contributed by atoms with Crippen molar-refractivity contribution in [1.29, 1.82) is 0 Å². The summed E-state index contributed by atoms with van der Waals surface area (Å²) in [7, 11) is -10.6. The number of imidazole rings is 1. The molecule has 2 aromatic heterocycles. The third-order valence-electron chi connectivity index (χ3n) is 4.44. The molecular weight excluding hydrogens is 604 g/mol. The predicted octanol–water partition coefficient (Wildman–Crippen LogP) is -1.12. The highest BCUT2D eigenvalue weighted by molar-refractivity contribution is 9.09. The van der Waals surface area contributed by atoms with Gasteiger partial charge in [0.2, 0.25) is 11.6 Å². The van der Waals surface area contributed by atoms with E-state index in [4.69, 9.17) is 20.3 Å². The summed E-state index contributed by atoms with van der Waals surface area (Å²) in [5.74, 6) is -1.81. The number of nitrogens with zero attached hydrogens (tertiary/aromatic N) is 4. The molecule has 7 N–H and O–H groups in total. The van der Waals surface area contributed by atoms with E-state index in [0.717, 1.165) is 18.1 Å². The molecule has 0 amide bonds. The van der Waals surface area contributed by atoms with Crippen LogP contribution in [0.4, 0.5) is 5.82 Å². The van der Waals surface area contributed by atoms with Crippen LogP contribution in [0, 0.1) is 0 Å². The monoisotopic (exact) mass is 621 g/mol. The number of alkyl halides is 1. The molecule has 0 saturated carbocycles. The third-order valence-corrected chi connectivity index (χ3v) is 8.05. The van der Waals surface area contributed by atoms with Gasteiger partial charge in [0.05, 0.1) is 17.7 Å². The van der Waals surface area contributed by atoms with Gasteiger partial charge in [0.1, 0.15) is 24.6 Å². The van der Waals surface area contributed by atoms with Crippen LogP contribution in [0.5, 0.6) is 0 Å². The molecule has 0 bridgehead atoms. The number of aromatic nitrogens is 4. The van der Waals surface area contributed by atoms with Crippen molar-refractivity contribution in [2.75, 3.05) is 23.4 Å². The highest BCUT2D eigenvalue weighted by Crippen LogP contribution is 2.57. The van der Waals surface area contributed by atoms with Crippen LogP contribution in [0.2, 0.25) is 0 Å². The Bertz CT molecular complexity index is 1230. The molecule has 17 nitrogen and oxygen atoms in total. The highest BCUT2D eigenvalue weighted by Gasteiger charge is 2.47. The van der Waals surface area contributed by atoms with Crippen LogP contribution in [0.1, 0.15) is 6.23 Å². The summed E-state index contributed by atoms with van der Waals surface area (Å²) in [5.41, 5.74) is 5.93. The summed E-state index contributed by atoms with van der Waals surface area (Å²) in [6.07, 6.45) is -5.26. The zero-order chi connectivity index (χ0) is 26.1. The maximum atomic E-state index is 12.0. The van der Waals surface area contributed by atoms with Crippen molar-refractivity contribution in [3.63, 3.8) is 0 Å². The van der Waals surface area contributed by atoms with Gasteiger partial charge < -0.3 is 35.4 Å². The molecule has 0 radical (unpaired) electrons. The average Bonchev–Trinajstić information content (AvgIpc) is 3.26. The van der Waals surface area contributed by atoms with Gasteiger partial charge in [0, 0.05) is 0 Å². The molecule has 3 heterocycles. The number of ether oxygens (including phenoxy) is 1. The number of ketones is 2. The number of aliphatic hydroxyl groups is 2. The van der Waals surface area contributed by atoms with Crippen molar-refractivity contribution in [1.82, 2.24) is 19.5 Å². The first kappa shape index (κ1) is 28.2. The fourth-order valence-electron chi connectivity index (χ4n) is 2.93. The molecule has 3 rings (SSSR count). The lowest BCUT2D eigenvalue weighted by Crippen LogP contribution is -2.33. The minimum absolute atomic E-state index is 0.0124. The summed E-state index contributed by atoms with van der Waals surface area (Å²) < 4.78 is 37.3. The molecule has 5 unspecified atom stereocenters. The van der Waals surface area contributed by atoms with Crippen LogP contribution in [-0.2, 0) is 32.3 Å². The number of Topliss-reactive ketones (excluding diaryl/α,β-unsaturated/α-hetero) is 2. The number of thioether (sulfide) groups is 1. The van der Waals surface area contributed by atoms with Crippen LogP contribution in [0.25, 0.3) is 11.2 Å². The van der Waals surface area contributed by atoms with E-state index in [-0.39, 0.29) is 33.2 Å². The van der Waals surface area contributed by atoms with Crippen molar-refractivity contribution in [2.24, 2.45) is 0 Å². The first-order valence-electron chi connectivity index (χ1n) is 9.23. The van der Waals surface area contributed by atoms with Gasteiger partial charge in [-0.2, -0.15) is 4.31 Å². The molecule has 1 saturated heterocycles. The number of fused-ring (bicyclic) bond motifs is 1. The van der Waals surface area contributed by atoms with Crippen LogP contribution in [0.3, 0.4) is 0 Å². The molecule has 2 aromatic rings. The zero-order valence-electron chi connectivity index (χ0n) is 17.1. The lowest BCUT2D eigenvalue weighted by atomic mass is 10.1. The Hall–Kier alpha value is -1.34. The molecule has 21 heteroatoms. The Labute approximate surface area is 208 Å². The minimum atomic E-state index is -5.38. The number of carbonyl (C=O) groups excluding carboxylic acids is 2. The fourth-order valence-corrected chi connectivity index (χ4v) is 5.75. The van der Waals surface area contributed by atoms with E-state index in [1.54, 1.807) is 0 Å². The molecule has 0 aromatic carbocycles. The van der Waals surface area contributed by atoms with Gasteiger partial charge in [-0.25, -0.2) is 24.1 Å². The Kier molecular flexibility index (Phi) is 8.84. The smallest absolute Gasteiger partial charge is 0.387 e. The quantitative estimate of drug-likeness (QED) is 0.0750. The summed E-state index contributed by atoms with van der Waals surface area (Å²) in [6, 6.07) is 0. The summed E-state index contributed by atoms with van der Waals surface area (Å²) in [4.78, 5) is 62.4. The lowest BCUT2D eigenvalue weighted by Gasteiger charge is -2.19. The van der Waals surface area contributed by atoms with E-state index >= 15 is 0 Å². The average molecular weight is 622 g/mol. The van der Waals surface area contributed by atoms with Crippen molar-refractivity contribution in [2.45, 2.75) is 29.7 Å². The molecular formula is C14H18BrN5O12P2S. The molecule has 194 valence electrons. The zero-order valence-corrected chi connectivity index (χ0v) is 21.3. The van der Waals surface area contributed by atoms with Gasteiger partial charge in [-0.3, -0.25) is 18.7 Å². The van der Waals surface area contributed by atoms with Crippen LogP contribution in [-0.4, -0.2) is 92.0 Å². The standard InChI is InChI=1S/C14H18BrN5O12P2S/c15-1-5(21)6(22)3-35-14-19-8-11(16)17-4-18-12(8)20(14)13-10(24)9(23)7(31-13)2-30-34(28,29)32-33(25,26)27/h4,7,9-10,13,23-24H,1-3H2,(H,28,29)(H2,16,17,18)(H2,25,26,27). The second-order valence-electron chi connectivity index (χ2n) is 6.85. The topological polar surface area (TPSA) is 267 Å². The fraction of sp³-hybridized carbons (Fsp3) is 0.500. The number of nitrogen functional groups attached to an aromatic ring is 1. The van der Waals surface area contributed by atoms with E-state index in [1.807, 2.05) is 0 Å². The number of halogens is 1. The molecule has 1 fully saturated rings. The van der Waals surface area contributed by atoms with E-state index in [1.165, 1.54) is 4.57 Å². The molecule has 1 aliphatic heterocycles. The SMILES string of the molecule is Nc1ncnc2c1nc(SCC(=O)C(=O)CBr)n2C1OC(COP(=O)(O)OP(=O)(O)O)C(O)C1O. The number of phosphoric ester groups is 1. The van der Waals surface area contributed by atoms with Gasteiger partial charge >= 0.3 is 15.6 Å². The van der Waals surface area contributed by atoms with E-state index in [2.05, 4.69) is 39.7 Å². The third kappa shape index (κ3) is 6.71. The number of hydrogen-bond acceptors (Lipinski definition) is 14. The number of rotatable bonds is 11. The summed E-state index contributed by atoms with van der Waals surface area (Å²) >= 11 is 3.69. The molecule has 35 heavy (non-hydrogen) atoms. The van der Waals surface area contributed by atoms with Crippen molar-refractivity contribution in [3.05, 3.63) is 6.33 Å². The number of carbonyl (C=O) groups is 2. The minimum Gasteiger partial charge on any atom is -0.387 e. The van der Waals surface area contributed by atoms with E-state index in [0.29, 0.717) is 0 Å². The van der Waals surface area contributed by atoms with E-state index < -0.39 is 58.4 Å². The number of phosphoric acid groups is 2. The summed E-state index contributed by atoms with van der Waals surface area (Å²) in [5, 5.41) is 20.8. The molecule has 1 aliphatic rings. The van der Waals surface area contributed by atoms with Crippen molar-refractivity contribution >= 4 is 71.9 Å². The Balaban J connectivity index is 1.87. The number of aliphatic hydroxyl groups excluding tert-OH is 2. The van der Waals surface area contributed by atoms with Gasteiger partial charge in [-0.05, 0) is 0 Å². The maximum Gasteiger partial charge on any atom is 0.481 e. The maximum absolute atomic E-state index is 12.0. The number of hydrogen-bond donors (Lipinski definition) is 6. The molecule has 5 atom stereocenters. The van der Waals surface area contributed by atoms with Crippen LogP contribution < -0.4 is 5.73 Å². The molecule has 0 spiro atoms. The van der Waals surface area contributed by atoms with Gasteiger partial charge in [0.15, 0.2) is 28.4 Å². The second kappa shape index (κ2) is 11.0. The van der Waals surface area contributed by atoms with Gasteiger partial charge in [-0.15, -0.1) is 0 Å². The van der Waals surface area contributed by atoms with Crippen LogP contribution >= 0.6 is 43.3 Å². The second-order valence-corrected chi connectivity index (χ2v) is 11.2. The predicted molar refractivity (Wildman–Crippen MR) is 119 cm³/mol. The van der Waals surface area contributed by atoms with Crippen molar-refractivity contribution < 1.29 is 57.2 Å².